The van der Waals surface area contributed by atoms with Crippen LogP contribution in [0.3, 0.4) is 0 Å². The standard InChI is InChI=1S/C7H11NO2S/c1-5(9)3-6-4-8-7(10-2)11-6/h4-5,9H,3H2,1-2H3/t5-/m0/s1. The highest BCUT2D eigenvalue weighted by atomic mass is 32.1. The van der Waals surface area contributed by atoms with Gasteiger partial charge in [0, 0.05) is 17.5 Å². The van der Waals surface area contributed by atoms with Gasteiger partial charge in [-0.3, -0.25) is 0 Å². The minimum atomic E-state index is -0.305. The molecule has 1 aromatic heterocycles. The minimum Gasteiger partial charge on any atom is -0.473 e. The second-order valence-electron chi connectivity index (χ2n) is 2.35. The summed E-state index contributed by atoms with van der Waals surface area (Å²) in [5.41, 5.74) is 0. The number of nitrogens with zero attached hydrogens (tertiary/aromatic N) is 1. The van der Waals surface area contributed by atoms with Gasteiger partial charge in [0.1, 0.15) is 0 Å². The van der Waals surface area contributed by atoms with Crippen LogP contribution in [-0.2, 0) is 6.42 Å². The van der Waals surface area contributed by atoms with Crippen LogP contribution >= 0.6 is 11.3 Å². The van der Waals surface area contributed by atoms with E-state index in [0.29, 0.717) is 11.6 Å². The van der Waals surface area contributed by atoms with Gasteiger partial charge in [-0.1, -0.05) is 11.3 Å². The third-order valence-corrected chi connectivity index (χ3v) is 2.18. The van der Waals surface area contributed by atoms with Crippen molar-refractivity contribution in [3.63, 3.8) is 0 Å². The zero-order chi connectivity index (χ0) is 8.27. The van der Waals surface area contributed by atoms with Crippen molar-refractivity contribution >= 4 is 11.3 Å². The fraction of sp³-hybridized carbons (Fsp3) is 0.571. The Morgan fingerprint density at radius 1 is 1.82 bits per heavy atom. The summed E-state index contributed by atoms with van der Waals surface area (Å²) in [7, 11) is 1.59. The molecule has 62 valence electrons. The molecule has 1 N–H and O–H groups in total. The van der Waals surface area contributed by atoms with Crippen LogP contribution in [0.1, 0.15) is 11.8 Å². The van der Waals surface area contributed by atoms with E-state index in [1.165, 1.54) is 11.3 Å². The zero-order valence-electron chi connectivity index (χ0n) is 6.57. The maximum Gasteiger partial charge on any atom is 0.273 e. The quantitative estimate of drug-likeness (QED) is 0.743. The second-order valence-corrected chi connectivity index (χ2v) is 3.43. The van der Waals surface area contributed by atoms with Crippen LogP contribution in [-0.4, -0.2) is 23.3 Å². The molecule has 0 saturated heterocycles. The number of methoxy groups -OCH3 is 1. The first-order chi connectivity index (χ1) is 5.22. The largest absolute Gasteiger partial charge is 0.473 e. The highest BCUT2D eigenvalue weighted by Crippen LogP contribution is 2.20. The molecule has 0 bridgehead atoms. The number of thiazole rings is 1. The summed E-state index contributed by atoms with van der Waals surface area (Å²) in [5, 5.41) is 9.68. The van der Waals surface area contributed by atoms with Gasteiger partial charge < -0.3 is 9.84 Å². The van der Waals surface area contributed by atoms with Gasteiger partial charge in [0.05, 0.1) is 13.2 Å². The first kappa shape index (κ1) is 8.49. The summed E-state index contributed by atoms with van der Waals surface area (Å²) in [4.78, 5) is 5.03. The Balaban J connectivity index is 2.58. The SMILES string of the molecule is COc1ncc(C[C@H](C)O)s1. The predicted octanol–water partition coefficient (Wildman–Crippen LogP) is 1.07. The first-order valence-corrected chi connectivity index (χ1v) is 4.20. The number of aliphatic hydroxyl groups is 1. The highest BCUT2D eigenvalue weighted by Gasteiger charge is 2.03. The van der Waals surface area contributed by atoms with Crippen molar-refractivity contribution < 1.29 is 9.84 Å². The molecule has 0 amide bonds. The Morgan fingerprint density at radius 3 is 3.00 bits per heavy atom. The van der Waals surface area contributed by atoms with Gasteiger partial charge in [0.25, 0.3) is 5.19 Å². The topological polar surface area (TPSA) is 42.4 Å². The van der Waals surface area contributed by atoms with E-state index in [1.54, 1.807) is 20.2 Å². The number of rotatable bonds is 3. The van der Waals surface area contributed by atoms with E-state index in [1.807, 2.05) is 0 Å². The molecular weight excluding hydrogens is 162 g/mol. The Kier molecular flexibility index (Phi) is 2.84. The Hall–Kier alpha value is -0.610. The van der Waals surface area contributed by atoms with E-state index >= 15 is 0 Å². The molecule has 0 aliphatic heterocycles. The maximum atomic E-state index is 9.03. The van der Waals surface area contributed by atoms with Gasteiger partial charge in [-0.15, -0.1) is 0 Å². The molecule has 0 saturated carbocycles. The molecule has 0 aliphatic rings. The van der Waals surface area contributed by atoms with Crippen LogP contribution in [0.15, 0.2) is 6.20 Å². The summed E-state index contributed by atoms with van der Waals surface area (Å²) >= 11 is 1.47. The minimum absolute atomic E-state index is 0.305. The molecule has 0 aliphatic carbocycles. The van der Waals surface area contributed by atoms with E-state index in [9.17, 15) is 0 Å². The Morgan fingerprint density at radius 2 is 2.55 bits per heavy atom. The normalized spacial score (nSPS) is 13.0. The van der Waals surface area contributed by atoms with Crippen molar-refractivity contribution in [1.82, 2.24) is 4.98 Å². The lowest BCUT2D eigenvalue weighted by Crippen LogP contribution is -2.01. The van der Waals surface area contributed by atoms with E-state index in [4.69, 9.17) is 9.84 Å². The van der Waals surface area contributed by atoms with E-state index in [2.05, 4.69) is 4.98 Å². The highest BCUT2D eigenvalue weighted by molar-refractivity contribution is 7.13. The van der Waals surface area contributed by atoms with Gasteiger partial charge >= 0.3 is 0 Å². The van der Waals surface area contributed by atoms with Crippen LogP contribution < -0.4 is 4.74 Å². The summed E-state index contributed by atoms with van der Waals surface area (Å²) in [6.45, 7) is 1.76. The van der Waals surface area contributed by atoms with Crippen molar-refractivity contribution in [3.8, 4) is 5.19 Å². The lowest BCUT2D eigenvalue weighted by Gasteiger charge is -1.97. The van der Waals surface area contributed by atoms with Gasteiger partial charge in [0.2, 0.25) is 0 Å². The van der Waals surface area contributed by atoms with Gasteiger partial charge in [-0.25, -0.2) is 4.98 Å². The van der Waals surface area contributed by atoms with Crippen LogP contribution in [0.2, 0.25) is 0 Å². The average molecular weight is 173 g/mol. The van der Waals surface area contributed by atoms with E-state index in [-0.39, 0.29) is 6.10 Å². The molecule has 1 rings (SSSR count). The molecule has 3 nitrogen and oxygen atoms in total. The van der Waals surface area contributed by atoms with Crippen molar-refractivity contribution in [3.05, 3.63) is 11.1 Å². The molecule has 0 fully saturated rings. The summed E-state index contributed by atoms with van der Waals surface area (Å²) in [5.74, 6) is 0. The fourth-order valence-corrected chi connectivity index (χ4v) is 1.61. The van der Waals surface area contributed by atoms with Crippen molar-refractivity contribution in [2.45, 2.75) is 19.4 Å². The number of hydrogen-bond donors (Lipinski definition) is 1. The third-order valence-electron chi connectivity index (χ3n) is 1.20. The van der Waals surface area contributed by atoms with Gasteiger partial charge in [-0.05, 0) is 6.92 Å². The second kappa shape index (κ2) is 3.69. The lowest BCUT2D eigenvalue weighted by molar-refractivity contribution is 0.196. The molecule has 0 aromatic carbocycles. The third kappa shape index (κ3) is 2.48. The predicted molar refractivity (Wildman–Crippen MR) is 44.1 cm³/mol. The van der Waals surface area contributed by atoms with E-state index in [0.717, 1.165) is 4.88 Å². The number of aliphatic hydroxyl groups excluding tert-OH is 1. The molecule has 0 unspecified atom stereocenters. The smallest absolute Gasteiger partial charge is 0.273 e. The molecule has 1 atom stereocenters. The molecule has 1 heterocycles. The molecule has 1 aromatic rings. The molecule has 11 heavy (non-hydrogen) atoms. The Labute approximate surface area is 69.7 Å². The van der Waals surface area contributed by atoms with Crippen LogP contribution in [0.25, 0.3) is 0 Å². The summed E-state index contributed by atoms with van der Waals surface area (Å²) < 4.78 is 4.90. The lowest BCUT2D eigenvalue weighted by atomic mass is 10.3. The first-order valence-electron chi connectivity index (χ1n) is 3.39. The van der Waals surface area contributed by atoms with Crippen molar-refractivity contribution in [2.75, 3.05) is 7.11 Å². The molecular formula is C7H11NO2S. The van der Waals surface area contributed by atoms with Gasteiger partial charge in [-0.2, -0.15) is 0 Å². The summed E-state index contributed by atoms with van der Waals surface area (Å²) in [6, 6.07) is 0. The molecule has 0 radical (unpaired) electrons. The van der Waals surface area contributed by atoms with Crippen molar-refractivity contribution in [1.29, 1.82) is 0 Å². The van der Waals surface area contributed by atoms with Gasteiger partial charge in [0.15, 0.2) is 0 Å². The van der Waals surface area contributed by atoms with Crippen molar-refractivity contribution in [2.24, 2.45) is 0 Å². The molecule has 0 spiro atoms. The molecule has 4 heteroatoms. The van der Waals surface area contributed by atoms with E-state index < -0.39 is 0 Å². The summed E-state index contributed by atoms with van der Waals surface area (Å²) in [6.07, 6.45) is 2.08. The van der Waals surface area contributed by atoms with Crippen LogP contribution in [0, 0.1) is 0 Å². The Bertz CT molecular complexity index is 222. The number of hydrogen-bond acceptors (Lipinski definition) is 4. The van der Waals surface area contributed by atoms with Crippen LogP contribution in [0.5, 0.6) is 5.19 Å². The average Bonchev–Trinajstić information content (AvgIpc) is 2.34. The van der Waals surface area contributed by atoms with Crippen LogP contribution in [0.4, 0.5) is 0 Å². The zero-order valence-corrected chi connectivity index (χ0v) is 7.39. The monoisotopic (exact) mass is 173 g/mol. The number of aromatic nitrogens is 1. The fourth-order valence-electron chi connectivity index (χ4n) is 0.769. The number of ether oxygens (including phenoxy) is 1. The maximum absolute atomic E-state index is 9.03.